The quantitative estimate of drug-likeness (QED) is 0.828. The van der Waals surface area contributed by atoms with Gasteiger partial charge in [-0.1, -0.05) is 18.2 Å². The van der Waals surface area contributed by atoms with E-state index in [1.54, 1.807) is 6.07 Å². The number of aliphatic imine (C=N–C) groups is 1. The Morgan fingerprint density at radius 1 is 1.21 bits per heavy atom. The molecule has 28 heavy (non-hydrogen) atoms. The minimum absolute atomic E-state index is 0.0160. The molecule has 1 spiro atoms. The van der Waals surface area contributed by atoms with Gasteiger partial charge in [-0.15, -0.1) is 0 Å². The molecule has 0 aromatic heterocycles. The van der Waals surface area contributed by atoms with Crippen LogP contribution in [0.1, 0.15) is 24.5 Å². The second kappa shape index (κ2) is 6.25. The Hall–Kier alpha value is -3.04. The van der Waals surface area contributed by atoms with Crippen LogP contribution in [-0.4, -0.2) is 31.4 Å². The fourth-order valence-electron chi connectivity index (χ4n) is 4.80. The Morgan fingerprint density at radius 3 is 2.86 bits per heavy atom. The summed E-state index contributed by atoms with van der Waals surface area (Å²) in [6.45, 7) is 3.12. The fourth-order valence-corrected chi connectivity index (χ4v) is 4.80. The summed E-state index contributed by atoms with van der Waals surface area (Å²) in [5, 5.41) is 9.22. The highest BCUT2D eigenvalue weighted by atomic mass is 16.5. The van der Waals surface area contributed by atoms with E-state index in [9.17, 15) is 5.26 Å². The molecule has 3 aliphatic heterocycles. The Balaban J connectivity index is 1.68. The summed E-state index contributed by atoms with van der Waals surface area (Å²) in [4.78, 5) is 4.78. The smallest absolute Gasteiger partial charge is 0.283 e. The molecule has 0 saturated carbocycles. The molecular formula is C22H21N3O3. The first kappa shape index (κ1) is 17.1. The van der Waals surface area contributed by atoms with Crippen molar-refractivity contribution in [3.05, 3.63) is 53.6 Å². The van der Waals surface area contributed by atoms with Gasteiger partial charge in [0.2, 0.25) is 0 Å². The normalized spacial score (nSPS) is 30.4. The van der Waals surface area contributed by atoms with Gasteiger partial charge in [0.25, 0.3) is 6.02 Å². The van der Waals surface area contributed by atoms with Crippen molar-refractivity contribution in [3.8, 4) is 22.9 Å². The monoisotopic (exact) mass is 375 g/mol. The molecule has 6 heteroatoms. The molecule has 3 heterocycles. The van der Waals surface area contributed by atoms with Gasteiger partial charge in [0, 0.05) is 12.0 Å². The Labute approximate surface area is 163 Å². The van der Waals surface area contributed by atoms with Gasteiger partial charge < -0.3 is 19.9 Å². The SMILES string of the molecule is CC1OCCC2Oc3ccc(-c4cccc(C#N)c4)cc3C3(COC(N)=N3)C12. The number of rotatable bonds is 1. The molecule has 4 atom stereocenters. The largest absolute Gasteiger partial charge is 0.489 e. The van der Waals surface area contributed by atoms with E-state index in [-0.39, 0.29) is 24.1 Å². The van der Waals surface area contributed by atoms with Crippen molar-refractivity contribution in [1.82, 2.24) is 0 Å². The van der Waals surface area contributed by atoms with E-state index in [1.807, 2.05) is 30.3 Å². The number of ether oxygens (including phenoxy) is 3. The number of nitriles is 1. The molecule has 2 aromatic rings. The van der Waals surface area contributed by atoms with Crippen molar-refractivity contribution < 1.29 is 14.2 Å². The number of benzene rings is 2. The molecule has 5 rings (SSSR count). The van der Waals surface area contributed by atoms with Crippen molar-refractivity contribution >= 4 is 6.02 Å². The summed E-state index contributed by atoms with van der Waals surface area (Å²) >= 11 is 0. The van der Waals surface area contributed by atoms with Crippen LogP contribution in [0.15, 0.2) is 47.5 Å². The Kier molecular flexibility index (Phi) is 3.81. The standard InChI is InChI=1S/C22H21N3O3/c1-13-20-19(7-8-26-13)28-18-6-5-16(15-4-2-3-14(9-15)11-23)10-17(18)22(20)12-27-21(24)25-22/h2-6,9-10,13,19-20H,7-8,12H2,1H3,(H2,24,25). The molecule has 6 nitrogen and oxygen atoms in total. The first-order chi connectivity index (χ1) is 13.6. The van der Waals surface area contributed by atoms with Gasteiger partial charge in [-0.3, -0.25) is 0 Å². The van der Waals surface area contributed by atoms with E-state index in [0.717, 1.165) is 28.9 Å². The zero-order valence-corrected chi connectivity index (χ0v) is 15.6. The lowest BCUT2D eigenvalue weighted by Crippen LogP contribution is -2.56. The summed E-state index contributed by atoms with van der Waals surface area (Å²) in [6.07, 6.45) is 0.815. The van der Waals surface area contributed by atoms with Crippen molar-refractivity contribution in [2.24, 2.45) is 16.6 Å². The average molecular weight is 375 g/mol. The van der Waals surface area contributed by atoms with E-state index in [0.29, 0.717) is 18.8 Å². The van der Waals surface area contributed by atoms with Crippen LogP contribution in [0.4, 0.5) is 0 Å². The maximum absolute atomic E-state index is 9.22. The van der Waals surface area contributed by atoms with Crippen molar-refractivity contribution in [1.29, 1.82) is 5.26 Å². The number of hydrogen-bond donors (Lipinski definition) is 1. The second-order valence-corrected chi connectivity index (χ2v) is 7.61. The highest BCUT2D eigenvalue weighted by Crippen LogP contribution is 2.52. The summed E-state index contributed by atoms with van der Waals surface area (Å²) < 4.78 is 18.0. The number of hydrogen-bond acceptors (Lipinski definition) is 6. The molecule has 1 fully saturated rings. The van der Waals surface area contributed by atoms with Gasteiger partial charge in [-0.2, -0.15) is 5.26 Å². The van der Waals surface area contributed by atoms with Crippen LogP contribution in [-0.2, 0) is 15.0 Å². The summed E-state index contributed by atoms with van der Waals surface area (Å²) in [6, 6.07) is 16.1. The maximum atomic E-state index is 9.22. The topological polar surface area (TPSA) is 89.9 Å². The lowest BCUT2D eigenvalue weighted by molar-refractivity contribution is -0.116. The number of nitrogens with two attached hydrogens (primary N) is 1. The highest BCUT2D eigenvalue weighted by Gasteiger charge is 2.57. The minimum Gasteiger partial charge on any atom is -0.489 e. The van der Waals surface area contributed by atoms with Gasteiger partial charge in [-0.05, 0) is 42.3 Å². The molecule has 0 bridgehead atoms. The van der Waals surface area contributed by atoms with Crippen LogP contribution in [0.5, 0.6) is 5.75 Å². The van der Waals surface area contributed by atoms with E-state index >= 15 is 0 Å². The molecule has 2 N–H and O–H groups in total. The summed E-state index contributed by atoms with van der Waals surface area (Å²) in [5.41, 5.74) is 8.91. The average Bonchev–Trinajstić information content (AvgIpc) is 3.10. The van der Waals surface area contributed by atoms with Crippen LogP contribution in [0.3, 0.4) is 0 Å². The molecule has 0 radical (unpaired) electrons. The van der Waals surface area contributed by atoms with Crippen LogP contribution < -0.4 is 10.5 Å². The first-order valence-electron chi connectivity index (χ1n) is 9.52. The van der Waals surface area contributed by atoms with Crippen LogP contribution in [0, 0.1) is 17.2 Å². The molecular weight excluding hydrogens is 354 g/mol. The van der Waals surface area contributed by atoms with E-state index in [4.69, 9.17) is 24.9 Å². The lowest BCUT2D eigenvalue weighted by atomic mass is 9.69. The third-order valence-corrected chi connectivity index (χ3v) is 6.04. The minimum atomic E-state index is -0.620. The Bertz CT molecular complexity index is 1010. The zero-order valence-electron chi connectivity index (χ0n) is 15.6. The Morgan fingerprint density at radius 2 is 2.07 bits per heavy atom. The van der Waals surface area contributed by atoms with E-state index < -0.39 is 5.54 Å². The van der Waals surface area contributed by atoms with Crippen molar-refractivity contribution in [2.45, 2.75) is 31.1 Å². The van der Waals surface area contributed by atoms with Gasteiger partial charge in [-0.25, -0.2) is 4.99 Å². The predicted molar refractivity (Wildman–Crippen MR) is 104 cm³/mol. The first-order valence-corrected chi connectivity index (χ1v) is 9.52. The molecule has 2 aromatic carbocycles. The van der Waals surface area contributed by atoms with Crippen LogP contribution >= 0.6 is 0 Å². The van der Waals surface area contributed by atoms with E-state index in [1.165, 1.54) is 0 Å². The second-order valence-electron chi connectivity index (χ2n) is 7.61. The third kappa shape index (κ3) is 2.47. The predicted octanol–water partition coefficient (Wildman–Crippen LogP) is 2.95. The van der Waals surface area contributed by atoms with Crippen molar-refractivity contribution in [2.75, 3.05) is 13.2 Å². The van der Waals surface area contributed by atoms with Gasteiger partial charge in [0.05, 0.1) is 30.3 Å². The third-order valence-electron chi connectivity index (χ3n) is 6.04. The molecule has 1 saturated heterocycles. The molecule has 4 unspecified atom stereocenters. The van der Waals surface area contributed by atoms with Gasteiger partial charge in [0.1, 0.15) is 24.0 Å². The van der Waals surface area contributed by atoms with Crippen LogP contribution in [0.25, 0.3) is 11.1 Å². The van der Waals surface area contributed by atoms with Gasteiger partial charge in [0.15, 0.2) is 0 Å². The summed E-state index contributed by atoms with van der Waals surface area (Å²) in [5.74, 6) is 0.841. The highest BCUT2D eigenvalue weighted by molar-refractivity contribution is 5.75. The molecule has 0 aliphatic carbocycles. The zero-order chi connectivity index (χ0) is 19.3. The molecule has 0 amide bonds. The van der Waals surface area contributed by atoms with E-state index in [2.05, 4.69) is 19.1 Å². The lowest BCUT2D eigenvalue weighted by Gasteiger charge is -2.48. The maximum Gasteiger partial charge on any atom is 0.283 e. The fraction of sp³-hybridized carbons (Fsp3) is 0.364. The summed E-state index contributed by atoms with van der Waals surface area (Å²) in [7, 11) is 0. The van der Waals surface area contributed by atoms with Crippen LogP contribution in [0.2, 0.25) is 0 Å². The molecule has 3 aliphatic rings. The molecule has 142 valence electrons. The number of amidine groups is 1. The van der Waals surface area contributed by atoms with Crippen molar-refractivity contribution in [3.63, 3.8) is 0 Å². The number of nitrogens with zero attached hydrogens (tertiary/aromatic N) is 2. The van der Waals surface area contributed by atoms with Gasteiger partial charge >= 0.3 is 0 Å². The number of fused-ring (bicyclic) bond motifs is 4.